The maximum Gasteiger partial charge on any atom is 0.647 e. The zero-order valence-corrected chi connectivity index (χ0v) is 17.3. The average Bonchev–Trinajstić information content (AvgIpc) is 2.78. The highest BCUT2D eigenvalue weighted by Crippen LogP contribution is 2.49. The van der Waals surface area contributed by atoms with Gasteiger partial charge in [0.15, 0.2) is 0 Å². The summed E-state index contributed by atoms with van der Waals surface area (Å²) >= 11 is 0. The molecule has 0 amide bonds. The van der Waals surface area contributed by atoms with E-state index in [4.69, 9.17) is 29.2 Å². The van der Waals surface area contributed by atoms with Crippen LogP contribution in [0.2, 0.25) is 0 Å². The van der Waals surface area contributed by atoms with Gasteiger partial charge in [0.05, 0.1) is 18.6 Å². The first-order valence-corrected chi connectivity index (χ1v) is 10.5. The Labute approximate surface area is 182 Å². The lowest BCUT2D eigenvalue weighted by Gasteiger charge is -2.19. The molecular formula is C21H18N3O7P. The van der Waals surface area contributed by atoms with E-state index in [1.807, 2.05) is 0 Å². The number of nitrogens with zero attached hydrogens (tertiary/aromatic N) is 3. The standard InChI is InChI=1S/C21H18N3O7P/c25-22-13-16-1-7-19(8-2-16)29-32(28,30-20-9-3-17(4-10-20)14-23-26)31-21-11-5-18(6-12-21)15-24-27/h1-15,25-27H. The summed E-state index contributed by atoms with van der Waals surface area (Å²) in [5, 5.41) is 34.7. The molecule has 0 unspecified atom stereocenters. The third kappa shape index (κ3) is 6.35. The van der Waals surface area contributed by atoms with Crippen molar-refractivity contribution in [3.8, 4) is 17.2 Å². The Balaban J connectivity index is 1.86. The Morgan fingerprint density at radius 1 is 0.531 bits per heavy atom. The minimum atomic E-state index is -4.23. The summed E-state index contributed by atoms with van der Waals surface area (Å²) in [6.07, 6.45) is 3.68. The topological polar surface area (TPSA) is 143 Å². The molecular weight excluding hydrogens is 437 g/mol. The van der Waals surface area contributed by atoms with Gasteiger partial charge in [-0.2, -0.15) is 4.57 Å². The SMILES string of the molecule is O=P(Oc1ccc(C=NO)cc1)(Oc1ccc(C=NO)cc1)Oc1ccc(C=NO)cc1. The molecule has 0 aromatic heterocycles. The second-order valence-corrected chi connectivity index (χ2v) is 7.60. The van der Waals surface area contributed by atoms with Gasteiger partial charge in [0.2, 0.25) is 0 Å². The van der Waals surface area contributed by atoms with Crippen molar-refractivity contribution in [1.82, 2.24) is 0 Å². The number of hydrogen-bond acceptors (Lipinski definition) is 10. The van der Waals surface area contributed by atoms with Gasteiger partial charge in [-0.25, -0.2) is 0 Å². The number of rotatable bonds is 9. The van der Waals surface area contributed by atoms with Crippen LogP contribution in [0.15, 0.2) is 88.3 Å². The molecule has 3 rings (SSSR count). The summed E-state index contributed by atoms with van der Waals surface area (Å²) in [7, 11) is -4.23. The van der Waals surface area contributed by atoms with Crippen molar-refractivity contribution in [3.05, 3.63) is 89.5 Å². The van der Waals surface area contributed by atoms with Gasteiger partial charge in [0.1, 0.15) is 17.2 Å². The smallest absolute Gasteiger partial charge is 0.411 e. The van der Waals surface area contributed by atoms with E-state index in [-0.39, 0.29) is 17.2 Å². The highest BCUT2D eigenvalue weighted by molar-refractivity contribution is 7.49. The van der Waals surface area contributed by atoms with Gasteiger partial charge in [-0.15, -0.1) is 0 Å². The third-order valence-electron chi connectivity index (χ3n) is 3.91. The summed E-state index contributed by atoms with van der Waals surface area (Å²) < 4.78 is 30.2. The largest absolute Gasteiger partial charge is 0.647 e. The van der Waals surface area contributed by atoms with Gasteiger partial charge in [-0.1, -0.05) is 15.5 Å². The second kappa shape index (κ2) is 10.6. The highest BCUT2D eigenvalue weighted by atomic mass is 31.2. The lowest BCUT2D eigenvalue weighted by atomic mass is 10.2. The molecule has 0 aliphatic rings. The summed E-state index contributed by atoms with van der Waals surface area (Å²) in [5.74, 6) is 0.574. The van der Waals surface area contributed by atoms with Gasteiger partial charge in [0, 0.05) is 0 Å². The molecule has 32 heavy (non-hydrogen) atoms. The van der Waals surface area contributed by atoms with Crippen molar-refractivity contribution in [1.29, 1.82) is 0 Å². The van der Waals surface area contributed by atoms with Crippen LogP contribution >= 0.6 is 7.82 Å². The van der Waals surface area contributed by atoms with Crippen molar-refractivity contribution in [2.75, 3.05) is 0 Å². The number of oxime groups is 3. The predicted molar refractivity (Wildman–Crippen MR) is 117 cm³/mol. The quantitative estimate of drug-likeness (QED) is 0.183. The predicted octanol–water partition coefficient (Wildman–Crippen LogP) is 4.76. The summed E-state index contributed by atoms with van der Waals surface area (Å²) in [6.45, 7) is 0. The van der Waals surface area contributed by atoms with E-state index in [9.17, 15) is 4.57 Å². The van der Waals surface area contributed by atoms with Gasteiger partial charge in [-0.3, -0.25) is 0 Å². The van der Waals surface area contributed by atoms with Crippen LogP contribution in [0, 0.1) is 0 Å². The molecule has 164 valence electrons. The van der Waals surface area contributed by atoms with Crippen molar-refractivity contribution in [2.24, 2.45) is 15.5 Å². The molecule has 0 aliphatic carbocycles. The zero-order valence-electron chi connectivity index (χ0n) is 16.4. The molecule has 0 spiro atoms. The third-order valence-corrected chi connectivity index (χ3v) is 5.22. The van der Waals surface area contributed by atoms with Crippen molar-refractivity contribution in [2.45, 2.75) is 0 Å². The number of phosphoric acid groups is 1. The fourth-order valence-electron chi connectivity index (χ4n) is 2.49. The molecule has 11 heteroatoms. The Hall–Kier alpha value is -4.30. The minimum Gasteiger partial charge on any atom is -0.411 e. The first-order chi connectivity index (χ1) is 15.5. The number of benzene rings is 3. The second-order valence-electron chi connectivity index (χ2n) is 6.16. The summed E-state index contributed by atoms with van der Waals surface area (Å²) in [6, 6.07) is 18.6. The molecule has 0 atom stereocenters. The van der Waals surface area contributed by atoms with Crippen LogP contribution in [0.1, 0.15) is 16.7 Å². The molecule has 3 aromatic carbocycles. The summed E-state index contributed by atoms with van der Waals surface area (Å²) in [4.78, 5) is 0. The Morgan fingerprint density at radius 2 is 0.781 bits per heavy atom. The average molecular weight is 455 g/mol. The van der Waals surface area contributed by atoms with E-state index in [0.29, 0.717) is 16.7 Å². The van der Waals surface area contributed by atoms with Crippen LogP contribution in [0.4, 0.5) is 0 Å². The van der Waals surface area contributed by atoms with E-state index in [1.54, 1.807) is 36.4 Å². The molecule has 0 fully saturated rings. The fourth-order valence-corrected chi connectivity index (χ4v) is 3.74. The maximum atomic E-state index is 13.5. The Bertz CT molecular complexity index is 999. The van der Waals surface area contributed by atoms with Gasteiger partial charge in [0.25, 0.3) is 0 Å². The van der Waals surface area contributed by atoms with E-state index in [0.717, 1.165) is 0 Å². The molecule has 0 saturated carbocycles. The fraction of sp³-hybridized carbons (Fsp3) is 0. The first kappa shape index (κ1) is 22.4. The number of phosphoric ester groups is 1. The number of hydrogen-bond donors (Lipinski definition) is 3. The normalized spacial score (nSPS) is 13.4. The van der Waals surface area contributed by atoms with Gasteiger partial charge >= 0.3 is 7.82 Å². The van der Waals surface area contributed by atoms with Gasteiger partial charge in [-0.05, 0) is 89.5 Å². The lowest BCUT2D eigenvalue weighted by Crippen LogP contribution is -2.07. The molecule has 0 radical (unpaired) electrons. The van der Waals surface area contributed by atoms with Gasteiger partial charge < -0.3 is 29.2 Å². The molecule has 10 nitrogen and oxygen atoms in total. The Kier molecular flexibility index (Phi) is 7.45. The van der Waals surface area contributed by atoms with E-state index < -0.39 is 7.82 Å². The van der Waals surface area contributed by atoms with E-state index >= 15 is 0 Å². The van der Waals surface area contributed by atoms with Crippen LogP contribution in [-0.4, -0.2) is 34.3 Å². The molecule has 3 N–H and O–H groups in total. The maximum absolute atomic E-state index is 13.5. The molecule has 0 heterocycles. The monoisotopic (exact) mass is 455 g/mol. The summed E-state index contributed by atoms with van der Waals surface area (Å²) in [5.41, 5.74) is 1.79. The molecule has 0 bridgehead atoms. The first-order valence-electron chi connectivity index (χ1n) is 9.05. The highest BCUT2D eigenvalue weighted by Gasteiger charge is 2.33. The van der Waals surface area contributed by atoms with Crippen molar-refractivity contribution in [3.63, 3.8) is 0 Å². The van der Waals surface area contributed by atoms with Crippen LogP contribution < -0.4 is 13.6 Å². The molecule has 3 aromatic rings. The molecule has 0 aliphatic heterocycles. The minimum absolute atomic E-state index is 0.191. The zero-order chi connectivity index (χ0) is 22.8. The van der Waals surface area contributed by atoms with Crippen LogP contribution in [0.3, 0.4) is 0 Å². The molecule has 0 saturated heterocycles. The van der Waals surface area contributed by atoms with Crippen LogP contribution in [0.5, 0.6) is 17.2 Å². The van der Waals surface area contributed by atoms with Crippen molar-refractivity contribution >= 4 is 26.5 Å². The van der Waals surface area contributed by atoms with Crippen LogP contribution in [-0.2, 0) is 4.57 Å². The van der Waals surface area contributed by atoms with E-state index in [1.165, 1.54) is 55.0 Å². The lowest BCUT2D eigenvalue weighted by molar-refractivity contribution is 0.298. The van der Waals surface area contributed by atoms with Crippen LogP contribution in [0.25, 0.3) is 0 Å². The van der Waals surface area contributed by atoms with Crippen molar-refractivity contribution < 1.29 is 33.8 Å². The Morgan fingerprint density at radius 3 is 1.00 bits per heavy atom. The van der Waals surface area contributed by atoms with E-state index in [2.05, 4.69) is 15.5 Å².